The number of nitrogens with one attached hydrogen (secondary N) is 2. The number of ether oxygens (including phenoxy) is 1. The third kappa shape index (κ3) is 4.30. The fourth-order valence-electron chi connectivity index (χ4n) is 3.82. The van der Waals surface area contributed by atoms with Crippen molar-refractivity contribution in [1.82, 2.24) is 10.2 Å². The molecule has 0 aliphatic carbocycles. The first-order chi connectivity index (χ1) is 15.1. The maximum Gasteiger partial charge on any atom is 0.339 e. The largest absolute Gasteiger partial charge is 0.465 e. The van der Waals surface area contributed by atoms with E-state index in [9.17, 15) is 14.4 Å². The van der Waals surface area contributed by atoms with Gasteiger partial charge in [0.15, 0.2) is 0 Å². The molecule has 0 radical (unpaired) electrons. The van der Waals surface area contributed by atoms with Gasteiger partial charge >= 0.3 is 5.97 Å². The van der Waals surface area contributed by atoms with Gasteiger partial charge in [0.2, 0.25) is 0 Å². The lowest BCUT2D eigenvalue weighted by atomic mass is 10.0. The molecule has 158 valence electrons. The number of esters is 1. The van der Waals surface area contributed by atoms with Crippen LogP contribution < -0.4 is 10.6 Å². The molecule has 2 aliphatic rings. The Kier molecular flexibility index (Phi) is 6.01. The Labute approximate surface area is 180 Å². The van der Waals surface area contributed by atoms with Crippen LogP contribution >= 0.6 is 0 Å². The Balaban J connectivity index is 1.55. The Morgan fingerprint density at radius 3 is 2.45 bits per heavy atom. The van der Waals surface area contributed by atoms with E-state index >= 15 is 0 Å². The molecule has 2 N–H and O–H groups in total. The molecule has 0 spiro atoms. The van der Waals surface area contributed by atoms with E-state index in [1.54, 1.807) is 30.3 Å². The average molecular weight is 417 g/mol. The quantitative estimate of drug-likeness (QED) is 0.451. The number of hydrogen-bond donors (Lipinski definition) is 2. The normalized spacial score (nSPS) is 15.8. The molecule has 4 rings (SSSR count). The predicted molar refractivity (Wildman–Crippen MR) is 116 cm³/mol. The van der Waals surface area contributed by atoms with Crippen molar-refractivity contribution in [1.29, 1.82) is 0 Å². The van der Waals surface area contributed by atoms with E-state index in [2.05, 4.69) is 22.5 Å². The number of nitrogens with zero attached hydrogens (tertiary/aromatic N) is 1. The van der Waals surface area contributed by atoms with Gasteiger partial charge in [0, 0.05) is 17.3 Å². The monoisotopic (exact) mass is 417 g/mol. The molecule has 7 nitrogen and oxygen atoms in total. The van der Waals surface area contributed by atoms with Crippen molar-refractivity contribution in [3.8, 4) is 11.8 Å². The van der Waals surface area contributed by atoms with E-state index < -0.39 is 5.97 Å². The molecule has 2 aromatic carbocycles. The molecule has 2 heterocycles. The molecular weight excluding hydrogens is 394 g/mol. The van der Waals surface area contributed by atoms with E-state index in [0.29, 0.717) is 28.3 Å². The summed E-state index contributed by atoms with van der Waals surface area (Å²) in [4.78, 5) is 38.3. The minimum absolute atomic E-state index is 0.0566. The number of hydrogen-bond acceptors (Lipinski definition) is 6. The molecule has 0 aromatic heterocycles. The zero-order chi connectivity index (χ0) is 21.8. The number of carbonyl (C=O) groups excluding carboxylic acids is 3. The number of imide groups is 1. The summed E-state index contributed by atoms with van der Waals surface area (Å²) in [5.41, 5.74) is 2.47. The van der Waals surface area contributed by atoms with E-state index in [4.69, 9.17) is 4.74 Å². The first kappa shape index (κ1) is 20.6. The molecule has 31 heavy (non-hydrogen) atoms. The second-order valence-electron chi connectivity index (χ2n) is 7.46. The number of piperidine rings is 1. The number of methoxy groups -OCH3 is 1. The second kappa shape index (κ2) is 9.02. The van der Waals surface area contributed by atoms with Crippen LogP contribution in [-0.4, -0.2) is 55.5 Å². The minimum Gasteiger partial charge on any atom is -0.465 e. The SMILES string of the molecule is COC(=O)c1ccc(NC2CCNCC2)cc1C#CCN1C(=O)c2ccccc2C1=O. The zero-order valence-electron chi connectivity index (χ0n) is 17.2. The Bertz CT molecular complexity index is 1060. The molecule has 0 unspecified atom stereocenters. The molecule has 1 saturated heterocycles. The van der Waals surface area contributed by atoms with Gasteiger partial charge in [-0.1, -0.05) is 24.0 Å². The second-order valence-corrected chi connectivity index (χ2v) is 7.46. The van der Waals surface area contributed by atoms with Crippen LogP contribution in [0.1, 0.15) is 49.5 Å². The Morgan fingerprint density at radius 2 is 1.81 bits per heavy atom. The molecule has 2 aliphatic heterocycles. The standard InChI is InChI=1S/C24H23N3O4/c1-31-24(30)19-9-8-18(26-17-10-12-25-13-11-17)15-16(19)5-4-14-27-22(28)20-6-2-3-7-21(20)23(27)29/h2-3,6-9,15,17,25-26H,10-14H2,1H3. The van der Waals surface area contributed by atoms with Crippen LogP contribution in [0.2, 0.25) is 0 Å². The maximum absolute atomic E-state index is 12.5. The van der Waals surface area contributed by atoms with Gasteiger partial charge in [-0.25, -0.2) is 4.79 Å². The van der Waals surface area contributed by atoms with Crippen LogP contribution in [0.5, 0.6) is 0 Å². The maximum atomic E-state index is 12.5. The zero-order valence-corrected chi connectivity index (χ0v) is 17.2. The van der Waals surface area contributed by atoms with Gasteiger partial charge in [-0.3, -0.25) is 14.5 Å². The third-order valence-electron chi connectivity index (χ3n) is 5.47. The van der Waals surface area contributed by atoms with Crippen molar-refractivity contribution in [3.05, 3.63) is 64.7 Å². The summed E-state index contributed by atoms with van der Waals surface area (Å²) >= 11 is 0. The van der Waals surface area contributed by atoms with Crippen LogP contribution in [0.3, 0.4) is 0 Å². The highest BCUT2D eigenvalue weighted by Crippen LogP contribution is 2.22. The van der Waals surface area contributed by atoms with Crippen molar-refractivity contribution < 1.29 is 19.1 Å². The van der Waals surface area contributed by atoms with Gasteiger partial charge < -0.3 is 15.4 Å². The molecule has 1 fully saturated rings. The average Bonchev–Trinajstić information content (AvgIpc) is 3.04. The number of rotatable bonds is 4. The van der Waals surface area contributed by atoms with Crippen molar-refractivity contribution in [2.45, 2.75) is 18.9 Å². The number of fused-ring (bicyclic) bond motifs is 1. The summed E-state index contributed by atoms with van der Waals surface area (Å²) in [6.07, 6.45) is 2.03. The first-order valence-electron chi connectivity index (χ1n) is 10.2. The summed E-state index contributed by atoms with van der Waals surface area (Å²) in [5.74, 6) is 4.63. The Morgan fingerprint density at radius 1 is 1.13 bits per heavy atom. The lowest BCUT2D eigenvalue weighted by Crippen LogP contribution is -2.35. The highest BCUT2D eigenvalue weighted by Gasteiger charge is 2.34. The highest BCUT2D eigenvalue weighted by atomic mass is 16.5. The summed E-state index contributed by atoms with van der Waals surface area (Å²) in [7, 11) is 1.32. The first-order valence-corrected chi connectivity index (χ1v) is 10.2. The summed E-state index contributed by atoms with van der Waals surface area (Å²) in [5, 5.41) is 6.81. The van der Waals surface area contributed by atoms with Gasteiger partial charge in [-0.05, 0) is 56.3 Å². The van der Waals surface area contributed by atoms with Crippen molar-refractivity contribution >= 4 is 23.5 Å². The van der Waals surface area contributed by atoms with Crippen molar-refractivity contribution in [3.63, 3.8) is 0 Å². The van der Waals surface area contributed by atoms with Crippen molar-refractivity contribution in [2.24, 2.45) is 0 Å². The lowest BCUT2D eigenvalue weighted by molar-refractivity contribution is 0.0598. The lowest BCUT2D eigenvalue weighted by Gasteiger charge is -2.25. The summed E-state index contributed by atoms with van der Waals surface area (Å²) in [6, 6.07) is 12.4. The van der Waals surface area contributed by atoms with Crippen LogP contribution in [-0.2, 0) is 4.74 Å². The molecular formula is C24H23N3O4. The van der Waals surface area contributed by atoms with E-state index in [1.807, 2.05) is 12.1 Å². The molecule has 0 atom stereocenters. The fraction of sp³-hybridized carbons (Fsp3) is 0.292. The highest BCUT2D eigenvalue weighted by molar-refractivity contribution is 6.21. The van der Waals surface area contributed by atoms with Gasteiger partial charge in [0.1, 0.15) is 0 Å². The molecule has 0 saturated carbocycles. The van der Waals surface area contributed by atoms with Gasteiger partial charge in [0.05, 0.1) is 30.3 Å². The molecule has 2 amide bonds. The molecule has 0 bridgehead atoms. The van der Waals surface area contributed by atoms with Crippen molar-refractivity contribution in [2.75, 3.05) is 32.1 Å². The number of anilines is 1. The van der Waals surface area contributed by atoms with Crippen LogP contribution in [0.15, 0.2) is 42.5 Å². The van der Waals surface area contributed by atoms with Gasteiger partial charge in [0.25, 0.3) is 11.8 Å². The summed E-state index contributed by atoms with van der Waals surface area (Å²) < 4.78 is 4.87. The molecule has 2 aromatic rings. The van der Waals surface area contributed by atoms with E-state index in [-0.39, 0.29) is 18.4 Å². The Hall–Kier alpha value is -3.63. The van der Waals surface area contributed by atoms with Gasteiger partial charge in [-0.15, -0.1) is 0 Å². The van der Waals surface area contributed by atoms with Crippen LogP contribution in [0.25, 0.3) is 0 Å². The number of amides is 2. The fourth-order valence-corrected chi connectivity index (χ4v) is 3.82. The smallest absolute Gasteiger partial charge is 0.339 e. The number of benzene rings is 2. The molecule has 7 heteroatoms. The predicted octanol–water partition coefficient (Wildman–Crippen LogP) is 2.28. The number of carbonyl (C=O) groups is 3. The third-order valence-corrected chi connectivity index (χ3v) is 5.47. The van der Waals surface area contributed by atoms with Crippen LogP contribution in [0, 0.1) is 11.8 Å². The van der Waals surface area contributed by atoms with E-state index in [1.165, 1.54) is 7.11 Å². The minimum atomic E-state index is -0.488. The van der Waals surface area contributed by atoms with E-state index in [0.717, 1.165) is 36.5 Å². The van der Waals surface area contributed by atoms with Gasteiger partial charge in [-0.2, -0.15) is 0 Å². The van der Waals surface area contributed by atoms with Crippen LogP contribution in [0.4, 0.5) is 5.69 Å². The topological polar surface area (TPSA) is 87.7 Å². The summed E-state index contributed by atoms with van der Waals surface area (Å²) in [6.45, 7) is 1.87.